The molecule has 0 bridgehead atoms. The third kappa shape index (κ3) is 41.2. The van der Waals surface area contributed by atoms with Crippen LogP contribution in [0.5, 0.6) is 0 Å². The van der Waals surface area contributed by atoms with Crippen molar-refractivity contribution in [3.63, 3.8) is 0 Å². The molecule has 10 heteroatoms. The average molecular weight is 839 g/mol. The Kier molecular flexibility index (Phi) is 42.3. The molecule has 0 rings (SSSR count). The Morgan fingerprint density at radius 2 is 0.983 bits per heavy atom. The summed E-state index contributed by atoms with van der Waals surface area (Å²) in [6.07, 6.45) is 50.6. The second kappa shape index (κ2) is 43.5. The van der Waals surface area contributed by atoms with Gasteiger partial charge in [-0.1, -0.05) is 184 Å². The lowest BCUT2D eigenvalue weighted by Crippen LogP contribution is -2.46. The van der Waals surface area contributed by atoms with E-state index in [0.717, 1.165) is 57.8 Å². The Bertz CT molecular complexity index is 1070. The second-order valence-corrected chi connectivity index (χ2v) is 17.6. The summed E-state index contributed by atoms with van der Waals surface area (Å²) in [5, 5.41) is 24.1. The molecule has 0 radical (unpaired) electrons. The van der Waals surface area contributed by atoms with Gasteiger partial charge < -0.3 is 26.2 Å². The van der Waals surface area contributed by atoms with Crippen LogP contribution in [-0.2, 0) is 18.4 Å². The number of carbonyl (C=O) groups is 1. The Morgan fingerprint density at radius 1 is 0.586 bits per heavy atom. The molecule has 0 aromatic carbocycles. The number of phosphoric acid groups is 1. The minimum atomic E-state index is -4.42. The summed E-state index contributed by atoms with van der Waals surface area (Å²) in [6.45, 7) is 3.94. The van der Waals surface area contributed by atoms with E-state index in [1.807, 2.05) is 6.08 Å². The van der Waals surface area contributed by atoms with E-state index >= 15 is 0 Å². The molecule has 0 aromatic heterocycles. The van der Waals surface area contributed by atoms with E-state index in [-0.39, 0.29) is 19.6 Å². The summed E-state index contributed by atoms with van der Waals surface area (Å²) < 4.78 is 22.1. The van der Waals surface area contributed by atoms with Crippen LogP contribution in [-0.4, -0.2) is 59.0 Å². The molecule has 0 saturated carbocycles. The number of unbranched alkanes of at least 4 members (excludes halogenated alkanes) is 24. The van der Waals surface area contributed by atoms with Gasteiger partial charge in [-0.3, -0.25) is 13.8 Å². The first-order chi connectivity index (χ1) is 28.3. The van der Waals surface area contributed by atoms with Gasteiger partial charge in [0.05, 0.1) is 37.9 Å². The number of hydrogen-bond donors (Lipinski definition) is 5. The van der Waals surface area contributed by atoms with Gasteiger partial charge in [0.15, 0.2) is 0 Å². The van der Waals surface area contributed by atoms with Crippen molar-refractivity contribution in [2.45, 2.75) is 231 Å². The third-order valence-corrected chi connectivity index (χ3v) is 11.4. The first-order valence-electron chi connectivity index (χ1n) is 23.8. The zero-order valence-corrected chi connectivity index (χ0v) is 38.3. The smallest absolute Gasteiger partial charge is 0.393 e. The predicted octanol–water partition coefficient (Wildman–Crippen LogP) is 12.6. The van der Waals surface area contributed by atoms with Crippen molar-refractivity contribution in [1.29, 1.82) is 0 Å². The minimum absolute atomic E-state index is 0.0403. The van der Waals surface area contributed by atoms with Crippen LogP contribution in [0.25, 0.3) is 0 Å². The molecule has 340 valence electrons. The molecule has 0 spiro atoms. The van der Waals surface area contributed by atoms with E-state index in [4.69, 9.17) is 14.8 Å². The Hall–Kier alpha value is -1.58. The molecule has 6 N–H and O–H groups in total. The maximum absolute atomic E-state index is 12.8. The quantitative estimate of drug-likeness (QED) is 0.0231. The monoisotopic (exact) mass is 839 g/mol. The van der Waals surface area contributed by atoms with E-state index in [1.54, 1.807) is 6.08 Å². The van der Waals surface area contributed by atoms with Crippen LogP contribution in [0.4, 0.5) is 0 Å². The highest BCUT2D eigenvalue weighted by Gasteiger charge is 2.27. The van der Waals surface area contributed by atoms with Crippen LogP contribution in [0.15, 0.2) is 48.6 Å². The summed E-state index contributed by atoms with van der Waals surface area (Å²) >= 11 is 0. The standard InChI is InChI=1S/C48H91N2O7P/c1-3-5-7-9-11-13-15-17-19-21-22-24-26-28-30-32-34-36-38-40-47(52)46(44-57-58(54,55)56-42-41-49)50-48(53)43-45(51)39-37-35-33-31-29-27-25-23-20-18-16-14-12-10-8-6-4-2/h22-25,30,32,38,40,45-47,51-52H,3-21,26-29,31,33-37,39,41-44,49H2,1-2H3,(H,50,53)(H,54,55)/b24-22+,25-23-,32-30+,40-38+. The number of hydrogen-bond acceptors (Lipinski definition) is 7. The normalized spacial score (nSPS) is 14.9. The topological polar surface area (TPSA) is 151 Å². The minimum Gasteiger partial charge on any atom is -0.393 e. The molecule has 4 atom stereocenters. The Labute approximate surface area is 356 Å². The van der Waals surface area contributed by atoms with Crippen LogP contribution in [0.1, 0.15) is 213 Å². The second-order valence-electron chi connectivity index (χ2n) is 16.1. The molecule has 9 nitrogen and oxygen atoms in total. The fourth-order valence-corrected chi connectivity index (χ4v) is 7.55. The number of allylic oxidation sites excluding steroid dienone is 7. The number of nitrogens with one attached hydrogen (secondary N) is 1. The number of carbonyl (C=O) groups excluding carboxylic acids is 1. The number of rotatable bonds is 44. The van der Waals surface area contributed by atoms with Gasteiger partial charge in [0.2, 0.25) is 5.91 Å². The fraction of sp³-hybridized carbons (Fsp3) is 0.812. The van der Waals surface area contributed by atoms with Gasteiger partial charge >= 0.3 is 7.82 Å². The molecule has 0 aromatic rings. The van der Waals surface area contributed by atoms with E-state index in [2.05, 4.69) is 55.6 Å². The molecule has 0 aliphatic carbocycles. The highest BCUT2D eigenvalue weighted by Crippen LogP contribution is 2.43. The molecule has 0 heterocycles. The van der Waals surface area contributed by atoms with Gasteiger partial charge in [-0.15, -0.1) is 0 Å². The number of phosphoric ester groups is 1. The summed E-state index contributed by atoms with van der Waals surface area (Å²) in [6, 6.07) is -1.01. The molecule has 4 unspecified atom stereocenters. The van der Waals surface area contributed by atoms with Gasteiger partial charge in [0.1, 0.15) is 0 Å². The van der Waals surface area contributed by atoms with Gasteiger partial charge in [0, 0.05) is 6.54 Å². The summed E-state index contributed by atoms with van der Waals surface area (Å²) in [4.78, 5) is 22.8. The summed E-state index contributed by atoms with van der Waals surface area (Å²) in [5.74, 6) is -0.465. The van der Waals surface area contributed by atoms with Crippen molar-refractivity contribution in [2.75, 3.05) is 19.8 Å². The largest absolute Gasteiger partial charge is 0.472 e. The van der Waals surface area contributed by atoms with Gasteiger partial charge in [-0.25, -0.2) is 4.57 Å². The van der Waals surface area contributed by atoms with Crippen molar-refractivity contribution in [3.05, 3.63) is 48.6 Å². The molecule has 0 aliphatic heterocycles. The van der Waals surface area contributed by atoms with Crippen LogP contribution >= 0.6 is 7.82 Å². The SMILES string of the molecule is CCCCCCCCCC/C=C\CCCCCCCC(O)CC(=O)NC(COP(=O)(O)OCCN)C(O)/C=C/CC/C=C/CC/C=C/CCCCCCCCCCC. The van der Waals surface area contributed by atoms with Crippen LogP contribution in [0.3, 0.4) is 0 Å². The molecular weight excluding hydrogens is 748 g/mol. The van der Waals surface area contributed by atoms with Crippen molar-refractivity contribution in [1.82, 2.24) is 5.32 Å². The maximum Gasteiger partial charge on any atom is 0.472 e. The van der Waals surface area contributed by atoms with E-state index in [1.165, 1.54) is 122 Å². The van der Waals surface area contributed by atoms with Crippen LogP contribution in [0, 0.1) is 0 Å². The van der Waals surface area contributed by atoms with Crippen molar-refractivity contribution >= 4 is 13.7 Å². The summed E-state index contributed by atoms with van der Waals surface area (Å²) in [5.41, 5.74) is 5.37. The number of aliphatic hydroxyl groups is 2. The van der Waals surface area contributed by atoms with Gasteiger partial charge in [-0.05, 0) is 70.6 Å². The molecule has 0 saturated heterocycles. The van der Waals surface area contributed by atoms with Crippen molar-refractivity contribution in [3.8, 4) is 0 Å². The van der Waals surface area contributed by atoms with Crippen molar-refractivity contribution < 1.29 is 33.5 Å². The molecular formula is C48H91N2O7P. The van der Waals surface area contributed by atoms with E-state index < -0.39 is 38.6 Å². The van der Waals surface area contributed by atoms with Gasteiger partial charge in [-0.2, -0.15) is 0 Å². The number of nitrogens with two attached hydrogens (primary N) is 1. The van der Waals surface area contributed by atoms with E-state index in [0.29, 0.717) is 12.8 Å². The lowest BCUT2D eigenvalue weighted by molar-refractivity contribution is -0.124. The highest BCUT2D eigenvalue weighted by atomic mass is 31.2. The maximum atomic E-state index is 12.8. The average Bonchev–Trinajstić information content (AvgIpc) is 3.20. The first kappa shape index (κ1) is 56.4. The number of aliphatic hydroxyl groups excluding tert-OH is 2. The zero-order chi connectivity index (χ0) is 42.6. The highest BCUT2D eigenvalue weighted by molar-refractivity contribution is 7.47. The third-order valence-electron chi connectivity index (χ3n) is 10.4. The molecule has 0 fully saturated rings. The Morgan fingerprint density at radius 3 is 1.43 bits per heavy atom. The van der Waals surface area contributed by atoms with Crippen LogP contribution in [0.2, 0.25) is 0 Å². The predicted molar refractivity (Wildman–Crippen MR) is 246 cm³/mol. The lowest BCUT2D eigenvalue weighted by Gasteiger charge is -2.24. The Balaban J connectivity index is 4.36. The lowest BCUT2D eigenvalue weighted by atomic mass is 10.0. The molecule has 58 heavy (non-hydrogen) atoms. The zero-order valence-electron chi connectivity index (χ0n) is 37.4. The molecule has 0 aliphatic rings. The van der Waals surface area contributed by atoms with Crippen molar-refractivity contribution in [2.24, 2.45) is 5.73 Å². The number of amides is 1. The van der Waals surface area contributed by atoms with E-state index in [9.17, 15) is 24.5 Å². The van der Waals surface area contributed by atoms with Gasteiger partial charge in [0.25, 0.3) is 0 Å². The molecule has 1 amide bonds. The first-order valence-corrected chi connectivity index (χ1v) is 25.3. The fourth-order valence-electron chi connectivity index (χ4n) is 6.79. The van der Waals surface area contributed by atoms with Crippen LogP contribution < -0.4 is 11.1 Å². The summed E-state index contributed by atoms with van der Waals surface area (Å²) in [7, 11) is -4.42.